The Bertz CT molecular complexity index is 443. The lowest BCUT2D eigenvalue weighted by Gasteiger charge is -2.08. The van der Waals surface area contributed by atoms with Gasteiger partial charge in [-0.15, -0.1) is 5.92 Å². The van der Waals surface area contributed by atoms with Gasteiger partial charge < -0.3 is 14.9 Å². The monoisotopic (exact) mass is 262 g/mol. The number of aromatic hydroxyl groups is 1. The Kier molecular flexibility index (Phi) is 6.84. The van der Waals surface area contributed by atoms with Crippen LogP contribution in [0.15, 0.2) is 18.2 Å². The molecule has 104 valence electrons. The maximum absolute atomic E-state index is 9.93. The molecule has 1 atom stereocenters. The third-order valence-corrected chi connectivity index (χ3v) is 2.92. The van der Waals surface area contributed by atoms with E-state index in [9.17, 15) is 10.2 Å². The summed E-state index contributed by atoms with van der Waals surface area (Å²) in [5, 5.41) is 19.6. The number of phenols is 1. The minimum Gasteiger partial charge on any atom is -0.508 e. The van der Waals surface area contributed by atoms with Crippen LogP contribution in [0.3, 0.4) is 0 Å². The SMILES string of the molecule is CCCCCCC#CC(O)c1cc(OC)ccc1O. The fourth-order valence-electron chi connectivity index (χ4n) is 1.77. The molecule has 1 aromatic rings. The van der Waals surface area contributed by atoms with Crippen molar-refractivity contribution in [2.75, 3.05) is 7.11 Å². The third-order valence-electron chi connectivity index (χ3n) is 2.92. The molecule has 0 amide bonds. The van der Waals surface area contributed by atoms with Gasteiger partial charge >= 0.3 is 0 Å². The Balaban J connectivity index is 2.57. The lowest BCUT2D eigenvalue weighted by atomic mass is 10.1. The molecule has 19 heavy (non-hydrogen) atoms. The largest absolute Gasteiger partial charge is 0.508 e. The Morgan fingerprint density at radius 2 is 2.05 bits per heavy atom. The molecule has 3 nitrogen and oxygen atoms in total. The number of unbranched alkanes of at least 4 members (excludes halogenated alkanes) is 4. The highest BCUT2D eigenvalue weighted by Gasteiger charge is 2.10. The van der Waals surface area contributed by atoms with Crippen molar-refractivity contribution in [1.82, 2.24) is 0 Å². The van der Waals surface area contributed by atoms with Gasteiger partial charge in [-0.3, -0.25) is 0 Å². The van der Waals surface area contributed by atoms with Crippen LogP contribution in [0, 0.1) is 11.8 Å². The van der Waals surface area contributed by atoms with Crippen LogP contribution < -0.4 is 4.74 Å². The van der Waals surface area contributed by atoms with Gasteiger partial charge in [0.2, 0.25) is 0 Å². The zero-order valence-electron chi connectivity index (χ0n) is 11.6. The number of phenolic OH excluding ortho intramolecular Hbond substituents is 1. The Morgan fingerprint density at radius 3 is 2.74 bits per heavy atom. The van der Waals surface area contributed by atoms with Gasteiger partial charge in [-0.1, -0.05) is 32.1 Å². The Hall–Kier alpha value is -1.66. The van der Waals surface area contributed by atoms with E-state index >= 15 is 0 Å². The first-order valence-corrected chi connectivity index (χ1v) is 6.72. The van der Waals surface area contributed by atoms with E-state index in [2.05, 4.69) is 18.8 Å². The lowest BCUT2D eigenvalue weighted by Crippen LogP contribution is -1.95. The predicted octanol–water partition coefficient (Wildman–Crippen LogP) is 3.41. The van der Waals surface area contributed by atoms with Gasteiger partial charge in [0.05, 0.1) is 7.11 Å². The van der Waals surface area contributed by atoms with E-state index < -0.39 is 6.10 Å². The van der Waals surface area contributed by atoms with Crippen LogP contribution in [0.5, 0.6) is 11.5 Å². The molecule has 1 unspecified atom stereocenters. The standard InChI is InChI=1S/C16H22O3/c1-3-4-5-6-7-8-9-15(17)14-12-13(19-2)10-11-16(14)18/h10-12,15,17-18H,3-7H2,1-2H3. The van der Waals surface area contributed by atoms with Crippen molar-refractivity contribution in [1.29, 1.82) is 0 Å². The molecule has 0 saturated carbocycles. The van der Waals surface area contributed by atoms with Crippen molar-refractivity contribution >= 4 is 0 Å². The summed E-state index contributed by atoms with van der Waals surface area (Å²) < 4.78 is 5.06. The van der Waals surface area contributed by atoms with Crippen molar-refractivity contribution in [3.63, 3.8) is 0 Å². The molecular formula is C16H22O3. The van der Waals surface area contributed by atoms with Crippen LogP contribution in [0.2, 0.25) is 0 Å². The second-order valence-corrected chi connectivity index (χ2v) is 4.46. The van der Waals surface area contributed by atoms with Crippen molar-refractivity contribution in [3.8, 4) is 23.3 Å². The zero-order valence-corrected chi connectivity index (χ0v) is 11.6. The smallest absolute Gasteiger partial charge is 0.143 e. The minimum atomic E-state index is -0.971. The van der Waals surface area contributed by atoms with Crippen molar-refractivity contribution in [2.24, 2.45) is 0 Å². The van der Waals surface area contributed by atoms with Crippen LogP contribution in [0.1, 0.15) is 50.7 Å². The first kappa shape index (κ1) is 15.4. The maximum atomic E-state index is 9.93. The molecule has 3 heteroatoms. The van der Waals surface area contributed by atoms with Crippen molar-refractivity contribution in [3.05, 3.63) is 23.8 Å². The first-order chi connectivity index (χ1) is 9.19. The number of benzene rings is 1. The Morgan fingerprint density at radius 1 is 1.26 bits per heavy atom. The fraction of sp³-hybridized carbons (Fsp3) is 0.500. The molecule has 0 heterocycles. The summed E-state index contributed by atoms with van der Waals surface area (Å²) in [7, 11) is 1.54. The average Bonchev–Trinajstić information content (AvgIpc) is 2.43. The number of hydrogen-bond donors (Lipinski definition) is 2. The number of rotatable bonds is 6. The molecular weight excluding hydrogens is 240 g/mol. The minimum absolute atomic E-state index is 0.0357. The van der Waals surface area contributed by atoms with Gasteiger partial charge in [-0.05, 0) is 24.6 Å². The molecule has 1 rings (SSSR count). The molecule has 0 aliphatic carbocycles. The van der Waals surface area contributed by atoms with E-state index in [1.807, 2.05) is 0 Å². The Labute approximate surface area is 115 Å². The van der Waals surface area contributed by atoms with Crippen LogP contribution in [0.25, 0.3) is 0 Å². The highest BCUT2D eigenvalue weighted by atomic mass is 16.5. The van der Waals surface area contributed by atoms with E-state index in [-0.39, 0.29) is 5.75 Å². The van der Waals surface area contributed by atoms with Crippen molar-refractivity contribution in [2.45, 2.75) is 45.1 Å². The van der Waals surface area contributed by atoms with E-state index in [4.69, 9.17) is 4.74 Å². The van der Waals surface area contributed by atoms with Crippen LogP contribution >= 0.6 is 0 Å². The van der Waals surface area contributed by atoms with E-state index in [0.29, 0.717) is 11.3 Å². The van der Waals surface area contributed by atoms with Gasteiger partial charge in [0.25, 0.3) is 0 Å². The van der Waals surface area contributed by atoms with Gasteiger partial charge in [-0.2, -0.15) is 0 Å². The number of methoxy groups -OCH3 is 1. The van der Waals surface area contributed by atoms with E-state index in [0.717, 1.165) is 12.8 Å². The highest BCUT2D eigenvalue weighted by Crippen LogP contribution is 2.28. The average molecular weight is 262 g/mol. The van der Waals surface area contributed by atoms with Gasteiger partial charge in [0, 0.05) is 12.0 Å². The molecule has 0 fully saturated rings. The topological polar surface area (TPSA) is 49.7 Å². The summed E-state index contributed by atoms with van der Waals surface area (Å²) in [5.41, 5.74) is 0.389. The molecule has 2 N–H and O–H groups in total. The second kappa shape index (κ2) is 8.44. The molecule has 0 aromatic heterocycles. The summed E-state index contributed by atoms with van der Waals surface area (Å²) >= 11 is 0. The summed E-state index contributed by atoms with van der Waals surface area (Å²) in [4.78, 5) is 0. The fourth-order valence-corrected chi connectivity index (χ4v) is 1.77. The molecule has 1 aromatic carbocycles. The van der Waals surface area contributed by atoms with Gasteiger partial charge in [0.15, 0.2) is 0 Å². The maximum Gasteiger partial charge on any atom is 0.143 e. The summed E-state index contributed by atoms with van der Waals surface area (Å²) in [6.07, 6.45) is 4.46. The zero-order chi connectivity index (χ0) is 14.1. The number of aliphatic hydroxyl groups is 1. The normalized spacial score (nSPS) is 11.5. The summed E-state index contributed by atoms with van der Waals surface area (Å²) in [5.74, 6) is 6.34. The molecule has 0 bridgehead atoms. The van der Waals surface area contributed by atoms with Gasteiger partial charge in [0.1, 0.15) is 17.6 Å². The quantitative estimate of drug-likeness (QED) is 0.610. The number of aliphatic hydroxyl groups excluding tert-OH is 1. The van der Waals surface area contributed by atoms with Crippen LogP contribution in [-0.2, 0) is 0 Å². The molecule has 0 aliphatic rings. The molecule has 0 aliphatic heterocycles. The molecule has 0 saturated heterocycles. The van der Waals surface area contributed by atoms with E-state index in [1.54, 1.807) is 19.2 Å². The number of hydrogen-bond acceptors (Lipinski definition) is 3. The molecule has 0 spiro atoms. The van der Waals surface area contributed by atoms with Crippen molar-refractivity contribution < 1.29 is 14.9 Å². The second-order valence-electron chi connectivity index (χ2n) is 4.46. The third kappa shape index (κ3) is 5.23. The molecule has 0 radical (unpaired) electrons. The lowest BCUT2D eigenvalue weighted by molar-refractivity contribution is 0.232. The van der Waals surface area contributed by atoms with Crippen LogP contribution in [-0.4, -0.2) is 17.3 Å². The predicted molar refractivity (Wildman–Crippen MR) is 76.2 cm³/mol. The highest BCUT2D eigenvalue weighted by molar-refractivity contribution is 5.43. The summed E-state index contributed by atoms with van der Waals surface area (Å²) in [6, 6.07) is 4.75. The summed E-state index contributed by atoms with van der Waals surface area (Å²) in [6.45, 7) is 2.17. The van der Waals surface area contributed by atoms with Crippen LogP contribution in [0.4, 0.5) is 0 Å². The number of ether oxygens (including phenoxy) is 1. The first-order valence-electron chi connectivity index (χ1n) is 6.72. The van der Waals surface area contributed by atoms with E-state index in [1.165, 1.54) is 25.3 Å². The van der Waals surface area contributed by atoms with Gasteiger partial charge in [-0.25, -0.2) is 0 Å².